The van der Waals surface area contributed by atoms with Crippen LogP contribution in [0.3, 0.4) is 0 Å². The van der Waals surface area contributed by atoms with Gasteiger partial charge in [-0.2, -0.15) is 0 Å². The highest BCUT2D eigenvalue weighted by atomic mass is 16.4. The van der Waals surface area contributed by atoms with E-state index in [-0.39, 0.29) is 11.3 Å². The molecule has 0 spiro atoms. The molecule has 0 bridgehead atoms. The van der Waals surface area contributed by atoms with Crippen molar-refractivity contribution in [3.63, 3.8) is 0 Å². The van der Waals surface area contributed by atoms with Gasteiger partial charge in [0.1, 0.15) is 0 Å². The molecule has 0 aromatic heterocycles. The molecule has 0 amide bonds. The lowest BCUT2D eigenvalue weighted by atomic mass is 9.32. The molecule has 362 valence electrons. The number of carboxylic acids is 1. The average Bonchev–Trinajstić information content (AvgIpc) is 3.79. The third kappa shape index (κ3) is 6.01. The quantitative estimate of drug-likeness (QED) is 0.287. The summed E-state index contributed by atoms with van der Waals surface area (Å²) in [5, 5.41) is 10.5. The first kappa shape index (κ1) is 48.0. The van der Waals surface area contributed by atoms with Crippen LogP contribution in [-0.2, 0) is 4.79 Å². The van der Waals surface area contributed by atoms with E-state index in [2.05, 4.69) is 117 Å². The Labute approximate surface area is 396 Å². The van der Waals surface area contributed by atoms with Crippen LogP contribution in [-0.4, -0.2) is 11.1 Å². The first-order valence-electron chi connectivity index (χ1n) is 28.1. The van der Waals surface area contributed by atoms with Gasteiger partial charge in [-0.3, -0.25) is 4.79 Å². The number of carboxylic acid groups (broad SMARTS) is 1. The minimum atomic E-state index is -0.510. The molecule has 0 aromatic rings. The van der Waals surface area contributed by atoms with Gasteiger partial charge >= 0.3 is 5.97 Å². The lowest BCUT2D eigenvalue weighted by Gasteiger charge is -2.73. The summed E-state index contributed by atoms with van der Waals surface area (Å²) in [7, 11) is 0. The van der Waals surface area contributed by atoms with Gasteiger partial charge < -0.3 is 5.11 Å². The number of rotatable bonds is 3. The van der Waals surface area contributed by atoms with E-state index in [1.807, 2.05) is 0 Å². The number of allylic oxidation sites excluding steroid dienone is 2. The minimum absolute atomic E-state index is 0.249. The maximum atomic E-state index is 12.8. The standard InChI is InChI=1S/C31H50O2.C31H52/c1-19(2)21-12-16-31(26(32)33)18-17-29(7)22(25(21)31)9-10-24-28(6)14-11-20(3)27(4,5)23(28)13-15-30(24,29)8;1-20(2)22-13-15-28(6)18-19-30(8)23(26(22)28)10-11-25-29(7)16-12-21(3)27(4,5)24(29)14-17-31(25,30)9/h20-25H,1,9-18H2,2-8H3,(H,32,33);21-26H,1,10-19H2,2-9H3/t20-,21-,22?,23?,24?,25?,28-,29+,30+,31-;21-,22-,23?,24?,25?,26?,28+,29-,30+,31+/m00/s1. The maximum Gasteiger partial charge on any atom is 0.309 e. The van der Waals surface area contributed by atoms with Gasteiger partial charge in [0.2, 0.25) is 0 Å². The molecule has 0 aromatic carbocycles. The summed E-state index contributed by atoms with van der Waals surface area (Å²) in [6.45, 7) is 47.8. The molecule has 20 atom stereocenters. The van der Waals surface area contributed by atoms with Gasteiger partial charge in [0.05, 0.1) is 5.41 Å². The molecule has 10 aliphatic rings. The van der Waals surface area contributed by atoms with Crippen molar-refractivity contribution >= 4 is 5.97 Å². The fraction of sp³-hybridized carbons (Fsp3) is 0.919. The van der Waals surface area contributed by atoms with Gasteiger partial charge in [-0.05, 0) is 262 Å². The zero-order chi connectivity index (χ0) is 46.8. The van der Waals surface area contributed by atoms with Crippen LogP contribution in [0.4, 0.5) is 0 Å². The summed E-state index contributed by atoms with van der Waals surface area (Å²) < 4.78 is 0. The largest absolute Gasteiger partial charge is 0.481 e. The molecule has 10 rings (SSSR count). The van der Waals surface area contributed by atoms with Gasteiger partial charge in [0.25, 0.3) is 0 Å². The summed E-state index contributed by atoms with van der Waals surface area (Å²) >= 11 is 0. The first-order valence-corrected chi connectivity index (χ1v) is 28.1. The van der Waals surface area contributed by atoms with E-state index in [0.29, 0.717) is 55.2 Å². The monoisotopic (exact) mass is 879 g/mol. The van der Waals surface area contributed by atoms with E-state index in [4.69, 9.17) is 0 Å². The average molecular weight is 879 g/mol. The number of fused-ring (bicyclic) bond motifs is 14. The van der Waals surface area contributed by atoms with E-state index in [1.54, 1.807) is 0 Å². The summed E-state index contributed by atoms with van der Waals surface area (Å²) in [6, 6.07) is 0. The van der Waals surface area contributed by atoms with Gasteiger partial charge in [-0.25, -0.2) is 0 Å². The number of aliphatic carboxylic acids is 1. The van der Waals surface area contributed by atoms with E-state index in [9.17, 15) is 9.90 Å². The van der Waals surface area contributed by atoms with Gasteiger partial charge in [0, 0.05) is 0 Å². The van der Waals surface area contributed by atoms with Crippen molar-refractivity contribution in [3.05, 3.63) is 24.3 Å². The zero-order valence-electron chi connectivity index (χ0n) is 44.8. The topological polar surface area (TPSA) is 37.3 Å². The van der Waals surface area contributed by atoms with Crippen LogP contribution in [0, 0.1) is 125 Å². The van der Waals surface area contributed by atoms with Crippen LogP contribution in [0.5, 0.6) is 0 Å². The highest BCUT2D eigenvalue weighted by molar-refractivity contribution is 5.76. The fourth-order valence-electron chi connectivity index (χ4n) is 23.4. The highest BCUT2D eigenvalue weighted by Crippen LogP contribution is 2.80. The van der Waals surface area contributed by atoms with Gasteiger partial charge in [-0.15, -0.1) is 0 Å². The Kier molecular flexibility index (Phi) is 11.2. The van der Waals surface area contributed by atoms with Crippen LogP contribution >= 0.6 is 0 Å². The van der Waals surface area contributed by atoms with Crippen LogP contribution < -0.4 is 0 Å². The summed E-state index contributed by atoms with van der Waals surface area (Å²) in [5.41, 5.74) is 6.36. The molecule has 64 heavy (non-hydrogen) atoms. The predicted octanol–water partition coefficient (Wildman–Crippen LogP) is 17.7. The van der Waals surface area contributed by atoms with Gasteiger partial charge in [-0.1, -0.05) is 114 Å². The van der Waals surface area contributed by atoms with Crippen molar-refractivity contribution in [2.75, 3.05) is 0 Å². The van der Waals surface area contributed by atoms with E-state index >= 15 is 0 Å². The van der Waals surface area contributed by atoms with Crippen LogP contribution in [0.25, 0.3) is 0 Å². The third-order valence-electron chi connectivity index (χ3n) is 28.1. The Morgan fingerprint density at radius 1 is 0.438 bits per heavy atom. The molecule has 0 heterocycles. The Bertz CT molecular complexity index is 1890. The van der Waals surface area contributed by atoms with Crippen molar-refractivity contribution in [2.45, 2.75) is 232 Å². The second kappa shape index (κ2) is 15.0. The third-order valence-corrected chi connectivity index (χ3v) is 28.1. The van der Waals surface area contributed by atoms with E-state index < -0.39 is 11.4 Å². The first-order chi connectivity index (χ1) is 29.6. The Hall–Kier alpha value is -1.05. The van der Waals surface area contributed by atoms with E-state index in [0.717, 1.165) is 78.9 Å². The summed E-state index contributed by atoms with van der Waals surface area (Å²) in [6.07, 6.45) is 26.6. The van der Waals surface area contributed by atoms with Crippen LogP contribution in [0.2, 0.25) is 0 Å². The smallest absolute Gasteiger partial charge is 0.309 e. The molecule has 10 fully saturated rings. The molecule has 2 nitrogen and oxygen atoms in total. The molecule has 0 radical (unpaired) electrons. The molecular formula is C62H102O2. The lowest BCUT2D eigenvalue weighted by Crippen LogP contribution is -2.66. The fourth-order valence-corrected chi connectivity index (χ4v) is 23.4. The van der Waals surface area contributed by atoms with Crippen molar-refractivity contribution in [1.29, 1.82) is 0 Å². The van der Waals surface area contributed by atoms with Gasteiger partial charge in [0.15, 0.2) is 0 Å². The molecular weight excluding hydrogens is 777 g/mol. The molecule has 8 unspecified atom stereocenters. The molecule has 1 N–H and O–H groups in total. The van der Waals surface area contributed by atoms with Crippen molar-refractivity contribution in [2.24, 2.45) is 125 Å². The molecule has 10 saturated carbocycles. The Morgan fingerprint density at radius 3 is 1.31 bits per heavy atom. The molecule has 10 aliphatic carbocycles. The highest BCUT2D eigenvalue weighted by Gasteiger charge is 2.73. The molecule has 0 aliphatic heterocycles. The maximum absolute atomic E-state index is 12.8. The van der Waals surface area contributed by atoms with Crippen molar-refractivity contribution in [1.82, 2.24) is 0 Å². The zero-order valence-corrected chi connectivity index (χ0v) is 44.8. The Balaban J connectivity index is 0.000000162. The second-order valence-electron chi connectivity index (χ2n) is 30.0. The predicted molar refractivity (Wildman–Crippen MR) is 270 cm³/mol. The normalized spacial score (nSPS) is 56.4. The van der Waals surface area contributed by atoms with E-state index in [1.165, 1.54) is 114 Å². The van der Waals surface area contributed by atoms with Crippen LogP contribution in [0.15, 0.2) is 24.3 Å². The van der Waals surface area contributed by atoms with Crippen LogP contribution in [0.1, 0.15) is 232 Å². The Morgan fingerprint density at radius 2 is 0.859 bits per heavy atom. The second-order valence-corrected chi connectivity index (χ2v) is 30.0. The minimum Gasteiger partial charge on any atom is -0.481 e. The summed E-state index contributed by atoms with van der Waals surface area (Å²) in [5.74, 6) is 8.46. The SMILES string of the molecule is C=C(C)[C@@H]1CC[C@]2(C(=O)O)CC[C@]3(C)C(CCC4[C@@]5(C)CC[C@H](C)C(C)(C)C5CC[C@]43C)C12.C=C(C)[C@@H]1CC[C@]2(C)CC[C@]3(C)C(CCC4[C@@]5(C)CC[C@H](C)C(C)(C)C5CC[C@]43C)C12. The number of hydrogen-bond acceptors (Lipinski definition) is 1. The molecule has 2 heteroatoms. The molecule has 0 saturated heterocycles. The van der Waals surface area contributed by atoms with Crippen molar-refractivity contribution in [3.8, 4) is 0 Å². The number of hydrogen-bond donors (Lipinski definition) is 1. The lowest BCUT2D eigenvalue weighted by molar-refractivity contribution is -0.242. The number of carbonyl (C=O) groups is 1. The summed E-state index contributed by atoms with van der Waals surface area (Å²) in [4.78, 5) is 12.8. The van der Waals surface area contributed by atoms with Crippen molar-refractivity contribution < 1.29 is 9.90 Å².